The van der Waals surface area contributed by atoms with E-state index in [4.69, 9.17) is 17.2 Å². The maximum atomic E-state index is 12.6. The second-order valence-corrected chi connectivity index (χ2v) is 7.15. The summed E-state index contributed by atoms with van der Waals surface area (Å²) < 4.78 is 0. The lowest BCUT2D eigenvalue weighted by atomic mass is 10.1. The second-order valence-electron chi connectivity index (χ2n) is 6.78. The molecule has 0 heterocycles. The first-order valence-electron chi connectivity index (χ1n) is 9.52. The second kappa shape index (κ2) is 14.6. The average Bonchev–Trinajstić information content (AvgIpc) is 2.67. The van der Waals surface area contributed by atoms with Gasteiger partial charge in [0, 0.05) is 12.2 Å². The van der Waals surface area contributed by atoms with Crippen LogP contribution in [0.1, 0.15) is 39.0 Å². The number of rotatable bonds is 15. The number of aliphatic carboxylic acids is 1. The van der Waals surface area contributed by atoms with Gasteiger partial charge in [0.25, 0.3) is 0 Å². The fraction of sp³-hybridized carbons (Fsp3) is 0.706. The van der Waals surface area contributed by atoms with Crippen LogP contribution < -0.4 is 33.2 Å². The van der Waals surface area contributed by atoms with Crippen LogP contribution in [0.5, 0.6) is 0 Å². The molecule has 4 atom stereocenters. The van der Waals surface area contributed by atoms with Crippen molar-refractivity contribution in [3.63, 3.8) is 0 Å². The lowest BCUT2D eigenvalue weighted by Gasteiger charge is -2.24. The Kier molecular flexibility index (Phi) is 13.4. The van der Waals surface area contributed by atoms with Crippen LogP contribution in [-0.2, 0) is 24.0 Å². The number of carboxylic acids is 1. The third-order valence-corrected chi connectivity index (χ3v) is 4.47. The number of thiol groups is 1. The summed E-state index contributed by atoms with van der Waals surface area (Å²) in [7, 11) is 0. The summed E-state index contributed by atoms with van der Waals surface area (Å²) in [6, 6.07) is -4.37. The molecule has 4 unspecified atom stereocenters. The molecule has 0 aliphatic rings. The lowest BCUT2D eigenvalue weighted by molar-refractivity contribution is -0.142. The minimum atomic E-state index is -1.21. The quantitative estimate of drug-likeness (QED) is 0.0963. The number of carbonyl (C=O) groups is 5. The summed E-state index contributed by atoms with van der Waals surface area (Å²) in [5.74, 6) is -4.14. The van der Waals surface area contributed by atoms with Crippen molar-refractivity contribution in [1.82, 2.24) is 16.0 Å². The first-order chi connectivity index (χ1) is 14.0. The Morgan fingerprint density at radius 3 is 1.90 bits per heavy atom. The molecular formula is C17H32N6O6S. The smallest absolute Gasteiger partial charge is 0.326 e. The zero-order valence-electron chi connectivity index (χ0n) is 16.9. The van der Waals surface area contributed by atoms with Gasteiger partial charge < -0.3 is 38.3 Å². The standard InChI is InChI=1S/C17H32N6O6S/c1-9(19)14(25)21-10(5-6-13(20)24)15(26)23-12(8-30)16(27)22-11(17(28)29)4-2-3-7-18/h9-12,30H,2-8,18-19H2,1H3,(H2,20,24)(H,21,25)(H,22,27)(H,23,26)(H,28,29). The molecule has 12 nitrogen and oxygen atoms in total. The van der Waals surface area contributed by atoms with E-state index in [2.05, 4.69) is 28.6 Å². The molecule has 0 spiro atoms. The van der Waals surface area contributed by atoms with Gasteiger partial charge in [-0.05, 0) is 39.2 Å². The number of hydrogen-bond acceptors (Lipinski definition) is 8. The van der Waals surface area contributed by atoms with E-state index in [1.54, 1.807) is 0 Å². The molecule has 0 aromatic heterocycles. The summed E-state index contributed by atoms with van der Waals surface area (Å²) in [5, 5.41) is 16.4. The van der Waals surface area contributed by atoms with Gasteiger partial charge in [-0.3, -0.25) is 19.2 Å². The van der Waals surface area contributed by atoms with Crippen LogP contribution >= 0.6 is 12.6 Å². The number of nitrogens with two attached hydrogens (primary N) is 3. The van der Waals surface area contributed by atoms with Crippen molar-refractivity contribution in [1.29, 1.82) is 0 Å². The summed E-state index contributed by atoms with van der Waals surface area (Å²) in [6.45, 7) is 1.81. The molecule has 0 saturated heterocycles. The van der Waals surface area contributed by atoms with Gasteiger partial charge in [-0.15, -0.1) is 0 Å². The van der Waals surface area contributed by atoms with Crippen molar-refractivity contribution in [2.24, 2.45) is 17.2 Å². The highest BCUT2D eigenvalue weighted by atomic mass is 32.1. The molecule has 0 aromatic rings. The first-order valence-corrected chi connectivity index (χ1v) is 10.1. The van der Waals surface area contributed by atoms with Crippen LogP contribution in [-0.4, -0.2) is 71.2 Å². The average molecular weight is 449 g/mol. The van der Waals surface area contributed by atoms with Gasteiger partial charge in [-0.1, -0.05) is 0 Å². The molecule has 13 heteroatoms. The first kappa shape index (κ1) is 27.6. The number of carboxylic acid groups (broad SMARTS) is 1. The third-order valence-electron chi connectivity index (χ3n) is 4.10. The largest absolute Gasteiger partial charge is 0.480 e. The lowest BCUT2D eigenvalue weighted by Crippen LogP contribution is -2.57. The van der Waals surface area contributed by atoms with Crippen molar-refractivity contribution in [2.75, 3.05) is 12.3 Å². The van der Waals surface area contributed by atoms with E-state index in [0.29, 0.717) is 19.4 Å². The highest BCUT2D eigenvalue weighted by Crippen LogP contribution is 2.04. The minimum absolute atomic E-state index is 0.0998. The van der Waals surface area contributed by atoms with Crippen LogP contribution in [0.2, 0.25) is 0 Å². The molecule has 0 aliphatic carbocycles. The Labute approximate surface area is 180 Å². The molecule has 4 amide bonds. The summed E-state index contributed by atoms with van der Waals surface area (Å²) in [4.78, 5) is 59.2. The van der Waals surface area contributed by atoms with Gasteiger partial charge >= 0.3 is 5.97 Å². The Hall–Kier alpha value is -2.38. The van der Waals surface area contributed by atoms with Gasteiger partial charge in [0.2, 0.25) is 23.6 Å². The van der Waals surface area contributed by atoms with E-state index >= 15 is 0 Å². The Balaban J connectivity index is 5.12. The third kappa shape index (κ3) is 11.0. The molecule has 0 aliphatic heterocycles. The summed E-state index contributed by atoms with van der Waals surface area (Å²) in [6.07, 6.45) is 1.00. The van der Waals surface area contributed by atoms with Gasteiger partial charge in [-0.25, -0.2) is 4.79 Å². The van der Waals surface area contributed by atoms with Gasteiger partial charge in [0.1, 0.15) is 18.1 Å². The zero-order valence-corrected chi connectivity index (χ0v) is 17.8. The van der Waals surface area contributed by atoms with E-state index < -0.39 is 53.8 Å². The van der Waals surface area contributed by atoms with Crippen LogP contribution in [0, 0.1) is 0 Å². The van der Waals surface area contributed by atoms with Gasteiger partial charge in [0.15, 0.2) is 0 Å². The molecular weight excluding hydrogens is 416 g/mol. The normalized spacial score (nSPS) is 14.7. The number of unbranched alkanes of at least 4 members (excludes halogenated alkanes) is 1. The Morgan fingerprint density at radius 2 is 1.43 bits per heavy atom. The number of nitrogens with one attached hydrogen (secondary N) is 3. The number of carbonyl (C=O) groups excluding carboxylic acids is 4. The Morgan fingerprint density at radius 1 is 0.900 bits per heavy atom. The number of amides is 4. The van der Waals surface area contributed by atoms with E-state index in [-0.39, 0.29) is 25.0 Å². The molecule has 10 N–H and O–H groups in total. The minimum Gasteiger partial charge on any atom is -0.480 e. The van der Waals surface area contributed by atoms with Crippen LogP contribution in [0.3, 0.4) is 0 Å². The molecule has 0 fully saturated rings. The molecule has 0 bridgehead atoms. The molecule has 30 heavy (non-hydrogen) atoms. The molecule has 172 valence electrons. The van der Waals surface area contributed by atoms with Crippen LogP contribution in [0.15, 0.2) is 0 Å². The zero-order chi connectivity index (χ0) is 23.3. The molecule has 0 saturated carbocycles. The number of primary amides is 1. The molecule has 0 rings (SSSR count). The topological polar surface area (TPSA) is 220 Å². The van der Waals surface area contributed by atoms with Crippen LogP contribution in [0.25, 0.3) is 0 Å². The van der Waals surface area contributed by atoms with E-state index in [1.165, 1.54) is 6.92 Å². The maximum absolute atomic E-state index is 12.6. The van der Waals surface area contributed by atoms with Gasteiger partial charge in [-0.2, -0.15) is 12.6 Å². The van der Waals surface area contributed by atoms with E-state index in [0.717, 1.165) is 0 Å². The van der Waals surface area contributed by atoms with Crippen LogP contribution in [0.4, 0.5) is 0 Å². The maximum Gasteiger partial charge on any atom is 0.326 e. The predicted octanol–water partition coefficient (Wildman–Crippen LogP) is -2.80. The monoisotopic (exact) mass is 448 g/mol. The van der Waals surface area contributed by atoms with Crippen molar-refractivity contribution in [3.8, 4) is 0 Å². The van der Waals surface area contributed by atoms with Crippen molar-refractivity contribution >= 4 is 42.2 Å². The van der Waals surface area contributed by atoms with Crippen molar-refractivity contribution < 1.29 is 29.1 Å². The summed E-state index contributed by atoms with van der Waals surface area (Å²) >= 11 is 4.02. The predicted molar refractivity (Wildman–Crippen MR) is 112 cm³/mol. The van der Waals surface area contributed by atoms with Gasteiger partial charge in [0.05, 0.1) is 6.04 Å². The fourth-order valence-electron chi connectivity index (χ4n) is 2.35. The summed E-state index contributed by atoms with van der Waals surface area (Å²) in [5.41, 5.74) is 15.9. The SMILES string of the molecule is CC(N)C(=O)NC(CCC(N)=O)C(=O)NC(CS)C(=O)NC(CCCCN)C(=O)O. The van der Waals surface area contributed by atoms with Crippen molar-refractivity contribution in [2.45, 2.75) is 63.2 Å². The van der Waals surface area contributed by atoms with E-state index in [9.17, 15) is 29.1 Å². The molecule has 0 radical (unpaired) electrons. The number of hydrogen-bond donors (Lipinski definition) is 8. The van der Waals surface area contributed by atoms with E-state index in [1.807, 2.05) is 0 Å². The highest BCUT2D eigenvalue weighted by Gasteiger charge is 2.29. The Bertz CT molecular complexity index is 618. The highest BCUT2D eigenvalue weighted by molar-refractivity contribution is 7.80. The van der Waals surface area contributed by atoms with Crippen molar-refractivity contribution in [3.05, 3.63) is 0 Å². The molecule has 0 aromatic carbocycles. The fourth-order valence-corrected chi connectivity index (χ4v) is 2.60.